The number of carbonyl (C=O) groups excluding carboxylic acids is 2. The van der Waals surface area contributed by atoms with E-state index in [1.807, 2.05) is 42.5 Å². The Hall–Kier alpha value is -3.52. The number of hydrazone groups is 1. The van der Waals surface area contributed by atoms with E-state index in [9.17, 15) is 14.0 Å². The maximum atomic E-state index is 12.9. The molecule has 3 aromatic rings. The molecular formula is C23H19BrFN3O3. The highest BCUT2D eigenvalue weighted by Crippen LogP contribution is 2.22. The molecule has 3 rings (SSSR count). The summed E-state index contributed by atoms with van der Waals surface area (Å²) in [5, 5.41) is 6.38. The lowest BCUT2D eigenvalue weighted by Crippen LogP contribution is -2.34. The summed E-state index contributed by atoms with van der Waals surface area (Å²) < 4.78 is 19.6. The standard InChI is InChI=1S/C23H19BrFN3O3/c24-19-8-11-21(31-15-16-4-2-1-3-5-16)18(12-19)13-27-28-22(29)14-26-23(30)17-6-9-20(25)10-7-17/h1-13H,14-15H2,(H,26,30)(H,28,29)/b27-13+. The van der Waals surface area contributed by atoms with Crippen molar-refractivity contribution in [1.29, 1.82) is 0 Å². The highest BCUT2D eigenvalue weighted by atomic mass is 79.9. The van der Waals surface area contributed by atoms with Gasteiger partial charge in [0.1, 0.15) is 18.2 Å². The van der Waals surface area contributed by atoms with Crippen LogP contribution in [0.4, 0.5) is 4.39 Å². The van der Waals surface area contributed by atoms with Crippen LogP contribution in [0, 0.1) is 5.82 Å². The van der Waals surface area contributed by atoms with Gasteiger partial charge in [0, 0.05) is 15.6 Å². The van der Waals surface area contributed by atoms with Gasteiger partial charge in [-0.15, -0.1) is 0 Å². The predicted octanol–water partition coefficient (Wildman–Crippen LogP) is 4.05. The summed E-state index contributed by atoms with van der Waals surface area (Å²) in [5.41, 5.74) is 4.30. The molecule has 2 N–H and O–H groups in total. The number of rotatable bonds is 8. The number of carbonyl (C=O) groups is 2. The van der Waals surface area contributed by atoms with Gasteiger partial charge in [-0.2, -0.15) is 5.10 Å². The van der Waals surface area contributed by atoms with Crippen molar-refractivity contribution < 1.29 is 18.7 Å². The fourth-order valence-electron chi connectivity index (χ4n) is 2.56. The second-order valence-electron chi connectivity index (χ2n) is 6.44. The van der Waals surface area contributed by atoms with Crippen molar-refractivity contribution in [2.24, 2.45) is 5.10 Å². The molecule has 158 valence electrons. The number of nitrogens with one attached hydrogen (secondary N) is 2. The second kappa shape index (κ2) is 11.0. The summed E-state index contributed by atoms with van der Waals surface area (Å²) in [6.07, 6.45) is 1.46. The number of ether oxygens (including phenoxy) is 1. The van der Waals surface area contributed by atoms with Crippen LogP contribution in [0.15, 0.2) is 82.4 Å². The van der Waals surface area contributed by atoms with E-state index in [0.717, 1.165) is 10.0 Å². The van der Waals surface area contributed by atoms with E-state index in [-0.39, 0.29) is 12.1 Å². The smallest absolute Gasteiger partial charge is 0.259 e. The van der Waals surface area contributed by atoms with Crippen molar-refractivity contribution >= 4 is 34.0 Å². The number of halogens is 2. The summed E-state index contributed by atoms with van der Waals surface area (Å²) in [6, 6.07) is 20.2. The van der Waals surface area contributed by atoms with Gasteiger partial charge in [-0.05, 0) is 48.0 Å². The third-order valence-electron chi connectivity index (χ3n) is 4.12. The fourth-order valence-corrected chi connectivity index (χ4v) is 2.94. The molecule has 6 nitrogen and oxygen atoms in total. The van der Waals surface area contributed by atoms with E-state index in [0.29, 0.717) is 17.9 Å². The van der Waals surface area contributed by atoms with E-state index < -0.39 is 17.6 Å². The number of benzene rings is 3. The van der Waals surface area contributed by atoms with Crippen LogP contribution < -0.4 is 15.5 Å². The van der Waals surface area contributed by atoms with Gasteiger partial charge in [-0.3, -0.25) is 9.59 Å². The minimum Gasteiger partial charge on any atom is -0.488 e. The molecule has 0 saturated carbocycles. The van der Waals surface area contributed by atoms with Crippen LogP contribution in [0.1, 0.15) is 21.5 Å². The normalized spacial score (nSPS) is 10.6. The molecule has 0 aliphatic heterocycles. The average Bonchev–Trinajstić information content (AvgIpc) is 2.78. The van der Waals surface area contributed by atoms with Gasteiger partial charge >= 0.3 is 0 Å². The first-order valence-corrected chi connectivity index (χ1v) is 10.1. The van der Waals surface area contributed by atoms with Crippen LogP contribution in [0.25, 0.3) is 0 Å². The molecule has 0 aliphatic carbocycles. The third kappa shape index (κ3) is 7.04. The fraction of sp³-hybridized carbons (Fsp3) is 0.0870. The van der Waals surface area contributed by atoms with Crippen LogP contribution in [0.5, 0.6) is 5.75 Å². The van der Waals surface area contributed by atoms with E-state index >= 15 is 0 Å². The van der Waals surface area contributed by atoms with Crippen LogP contribution >= 0.6 is 15.9 Å². The maximum absolute atomic E-state index is 12.9. The van der Waals surface area contributed by atoms with Gasteiger partial charge in [0.05, 0.1) is 12.8 Å². The van der Waals surface area contributed by atoms with Crippen LogP contribution in [-0.4, -0.2) is 24.6 Å². The number of hydrogen-bond donors (Lipinski definition) is 2. The Balaban J connectivity index is 1.53. The summed E-state index contributed by atoms with van der Waals surface area (Å²) in [4.78, 5) is 23.9. The monoisotopic (exact) mass is 483 g/mol. The minimum absolute atomic E-state index is 0.257. The van der Waals surface area contributed by atoms with E-state index in [2.05, 4.69) is 31.8 Å². The quantitative estimate of drug-likeness (QED) is 0.374. The molecule has 0 spiro atoms. The Morgan fingerprint density at radius 2 is 1.77 bits per heavy atom. The summed E-state index contributed by atoms with van der Waals surface area (Å²) in [7, 11) is 0. The van der Waals surface area contributed by atoms with Crippen molar-refractivity contribution in [2.45, 2.75) is 6.61 Å². The summed E-state index contributed by atoms with van der Waals surface area (Å²) in [6.45, 7) is 0.120. The van der Waals surface area contributed by atoms with E-state index in [4.69, 9.17) is 4.74 Å². The zero-order valence-electron chi connectivity index (χ0n) is 16.3. The van der Waals surface area contributed by atoms with Gasteiger partial charge in [-0.25, -0.2) is 9.82 Å². The Kier molecular flexibility index (Phi) is 7.89. The average molecular weight is 484 g/mol. The van der Waals surface area contributed by atoms with Gasteiger partial charge in [-0.1, -0.05) is 46.3 Å². The molecule has 2 amide bonds. The first-order chi connectivity index (χ1) is 15.0. The van der Waals surface area contributed by atoms with Crippen LogP contribution in [-0.2, 0) is 11.4 Å². The van der Waals surface area contributed by atoms with Crippen molar-refractivity contribution in [1.82, 2.24) is 10.7 Å². The molecule has 0 bridgehead atoms. The molecule has 0 radical (unpaired) electrons. The zero-order valence-corrected chi connectivity index (χ0v) is 17.9. The second-order valence-corrected chi connectivity index (χ2v) is 7.35. The van der Waals surface area contributed by atoms with Crippen molar-refractivity contribution in [3.05, 3.63) is 99.8 Å². The first kappa shape index (κ1) is 22.2. The van der Waals surface area contributed by atoms with Gasteiger partial charge < -0.3 is 10.1 Å². The third-order valence-corrected chi connectivity index (χ3v) is 4.61. The van der Waals surface area contributed by atoms with Crippen LogP contribution in [0.2, 0.25) is 0 Å². The molecule has 3 aromatic carbocycles. The lowest BCUT2D eigenvalue weighted by Gasteiger charge is -2.10. The Morgan fingerprint density at radius 1 is 1.03 bits per heavy atom. The highest BCUT2D eigenvalue weighted by molar-refractivity contribution is 9.10. The van der Waals surface area contributed by atoms with Crippen LogP contribution in [0.3, 0.4) is 0 Å². The summed E-state index contributed by atoms with van der Waals surface area (Å²) >= 11 is 3.41. The van der Waals surface area contributed by atoms with E-state index in [1.54, 1.807) is 6.07 Å². The van der Waals surface area contributed by atoms with Crippen molar-refractivity contribution in [3.63, 3.8) is 0 Å². The Labute approximate surface area is 187 Å². The lowest BCUT2D eigenvalue weighted by molar-refractivity contribution is -0.120. The zero-order chi connectivity index (χ0) is 22.1. The van der Waals surface area contributed by atoms with Gasteiger partial charge in [0.2, 0.25) is 0 Å². The van der Waals surface area contributed by atoms with Gasteiger partial charge in [0.15, 0.2) is 0 Å². The molecule has 31 heavy (non-hydrogen) atoms. The minimum atomic E-state index is -0.506. The molecular weight excluding hydrogens is 465 g/mol. The van der Waals surface area contributed by atoms with Crippen molar-refractivity contribution in [3.8, 4) is 5.75 Å². The SMILES string of the molecule is O=C(CNC(=O)c1ccc(F)cc1)N/N=C/c1cc(Br)ccc1OCc1ccccc1. The number of nitrogens with zero attached hydrogens (tertiary/aromatic N) is 1. The Morgan fingerprint density at radius 3 is 2.52 bits per heavy atom. The summed E-state index contributed by atoms with van der Waals surface area (Å²) in [5.74, 6) is -0.825. The molecule has 0 unspecified atom stereocenters. The first-order valence-electron chi connectivity index (χ1n) is 9.33. The largest absolute Gasteiger partial charge is 0.488 e. The molecule has 0 fully saturated rings. The molecule has 0 aromatic heterocycles. The maximum Gasteiger partial charge on any atom is 0.259 e. The predicted molar refractivity (Wildman–Crippen MR) is 119 cm³/mol. The van der Waals surface area contributed by atoms with Crippen molar-refractivity contribution in [2.75, 3.05) is 6.54 Å². The Bertz CT molecular complexity index is 1070. The van der Waals surface area contributed by atoms with E-state index in [1.165, 1.54) is 30.5 Å². The lowest BCUT2D eigenvalue weighted by atomic mass is 10.2. The molecule has 0 heterocycles. The number of hydrogen-bond acceptors (Lipinski definition) is 4. The van der Waals surface area contributed by atoms with Gasteiger partial charge in [0.25, 0.3) is 11.8 Å². The molecule has 0 saturated heterocycles. The molecule has 0 atom stereocenters. The topological polar surface area (TPSA) is 79.8 Å². The highest BCUT2D eigenvalue weighted by Gasteiger charge is 2.08. The molecule has 0 aliphatic rings. The number of amides is 2. The molecule has 8 heteroatoms.